The molecule has 0 aliphatic heterocycles. The topological polar surface area (TPSA) is 35.2 Å². The van der Waals surface area contributed by atoms with Crippen molar-refractivity contribution in [3.05, 3.63) is 33.8 Å². The predicted octanol–water partition coefficient (Wildman–Crippen LogP) is 4.98. The fourth-order valence-electron chi connectivity index (χ4n) is 3.00. The second kappa shape index (κ2) is 5.84. The third kappa shape index (κ3) is 3.14. The minimum Gasteiger partial charge on any atom is -0.376 e. The van der Waals surface area contributed by atoms with E-state index in [4.69, 9.17) is 33.7 Å². The van der Waals surface area contributed by atoms with Crippen LogP contribution in [0, 0.1) is 5.41 Å². The molecule has 112 valence electrons. The van der Waals surface area contributed by atoms with Gasteiger partial charge in [-0.2, -0.15) is 0 Å². The molecule has 1 unspecified atom stereocenters. The average molecular weight is 316 g/mol. The van der Waals surface area contributed by atoms with Crippen molar-refractivity contribution in [2.24, 2.45) is 11.1 Å². The van der Waals surface area contributed by atoms with E-state index in [0.29, 0.717) is 15.5 Å². The molecule has 1 saturated carbocycles. The Bertz CT molecular complexity index is 477. The fraction of sp³-hybridized carbons (Fsp3) is 0.625. The van der Waals surface area contributed by atoms with Crippen LogP contribution in [0.15, 0.2) is 18.2 Å². The Morgan fingerprint density at radius 2 is 1.70 bits per heavy atom. The smallest absolute Gasteiger partial charge is 0.0870 e. The summed E-state index contributed by atoms with van der Waals surface area (Å²) < 4.78 is 5.86. The van der Waals surface area contributed by atoms with Gasteiger partial charge in [0.1, 0.15) is 0 Å². The molecule has 4 heteroatoms. The molecule has 20 heavy (non-hydrogen) atoms. The highest BCUT2D eigenvalue weighted by Crippen LogP contribution is 2.46. The number of nitrogens with two attached hydrogens (primary N) is 1. The summed E-state index contributed by atoms with van der Waals surface area (Å²) in [7, 11) is 1.76. The summed E-state index contributed by atoms with van der Waals surface area (Å²) in [4.78, 5) is 0. The lowest BCUT2D eigenvalue weighted by Gasteiger charge is -2.46. The van der Waals surface area contributed by atoms with Gasteiger partial charge in [0.2, 0.25) is 0 Å². The van der Waals surface area contributed by atoms with Gasteiger partial charge in [-0.25, -0.2) is 0 Å². The second-order valence-corrected chi connectivity index (χ2v) is 7.40. The molecule has 0 spiro atoms. The van der Waals surface area contributed by atoms with Gasteiger partial charge in [0.25, 0.3) is 0 Å². The summed E-state index contributed by atoms with van der Waals surface area (Å²) >= 11 is 12.1. The highest BCUT2D eigenvalue weighted by molar-refractivity contribution is 6.42. The van der Waals surface area contributed by atoms with Gasteiger partial charge in [-0.05, 0) is 48.8 Å². The summed E-state index contributed by atoms with van der Waals surface area (Å²) in [5, 5.41) is 1.10. The van der Waals surface area contributed by atoms with E-state index < -0.39 is 0 Å². The van der Waals surface area contributed by atoms with Crippen molar-refractivity contribution in [1.82, 2.24) is 0 Å². The maximum absolute atomic E-state index is 6.50. The Kier molecular flexibility index (Phi) is 4.70. The van der Waals surface area contributed by atoms with Crippen LogP contribution in [0.3, 0.4) is 0 Å². The van der Waals surface area contributed by atoms with Gasteiger partial charge in [0.05, 0.1) is 21.7 Å². The molecule has 1 aliphatic carbocycles. The van der Waals surface area contributed by atoms with E-state index in [1.54, 1.807) is 13.2 Å². The largest absolute Gasteiger partial charge is 0.376 e. The van der Waals surface area contributed by atoms with Crippen LogP contribution >= 0.6 is 23.2 Å². The van der Waals surface area contributed by atoms with Crippen molar-refractivity contribution in [2.45, 2.75) is 51.2 Å². The number of halogens is 2. The number of ether oxygens (including phenoxy) is 1. The van der Waals surface area contributed by atoms with Crippen molar-refractivity contribution in [1.29, 1.82) is 0 Å². The van der Waals surface area contributed by atoms with E-state index >= 15 is 0 Å². The van der Waals surface area contributed by atoms with Crippen LogP contribution in [0.5, 0.6) is 0 Å². The molecular formula is C16H23Cl2NO. The van der Waals surface area contributed by atoms with Crippen LogP contribution in [0.25, 0.3) is 0 Å². The van der Waals surface area contributed by atoms with E-state index in [-0.39, 0.29) is 11.6 Å². The van der Waals surface area contributed by atoms with Crippen molar-refractivity contribution in [3.8, 4) is 0 Å². The summed E-state index contributed by atoms with van der Waals surface area (Å²) in [5.41, 5.74) is 7.56. The zero-order chi connectivity index (χ0) is 15.0. The Morgan fingerprint density at radius 1 is 1.10 bits per heavy atom. The lowest BCUT2D eigenvalue weighted by atomic mass is 9.67. The monoisotopic (exact) mass is 315 g/mol. The minimum atomic E-state index is -0.299. The van der Waals surface area contributed by atoms with Gasteiger partial charge < -0.3 is 10.5 Å². The molecule has 1 aromatic carbocycles. The Labute approximate surface area is 131 Å². The van der Waals surface area contributed by atoms with Gasteiger partial charge in [-0.3, -0.25) is 0 Å². The minimum absolute atomic E-state index is 0.182. The molecule has 2 N–H and O–H groups in total. The van der Waals surface area contributed by atoms with Gasteiger partial charge in [0.15, 0.2) is 0 Å². The van der Waals surface area contributed by atoms with E-state index in [0.717, 1.165) is 31.2 Å². The molecule has 2 rings (SSSR count). The summed E-state index contributed by atoms with van der Waals surface area (Å²) in [6, 6.07) is 5.42. The van der Waals surface area contributed by atoms with Gasteiger partial charge in [-0.15, -0.1) is 0 Å². The molecule has 0 bridgehead atoms. The van der Waals surface area contributed by atoms with Crippen LogP contribution in [0.1, 0.15) is 51.1 Å². The normalized spacial score (nSPS) is 22.5. The predicted molar refractivity (Wildman–Crippen MR) is 85.4 cm³/mol. The van der Waals surface area contributed by atoms with Crippen molar-refractivity contribution >= 4 is 23.2 Å². The fourth-order valence-corrected chi connectivity index (χ4v) is 3.31. The number of benzene rings is 1. The molecule has 1 aromatic rings. The molecule has 2 nitrogen and oxygen atoms in total. The first-order chi connectivity index (χ1) is 9.30. The van der Waals surface area contributed by atoms with E-state index in [2.05, 4.69) is 13.8 Å². The highest BCUT2D eigenvalue weighted by atomic mass is 35.5. The summed E-state index contributed by atoms with van der Waals surface area (Å²) in [5.74, 6) is 0. The van der Waals surface area contributed by atoms with Crippen molar-refractivity contribution < 1.29 is 4.74 Å². The van der Waals surface area contributed by atoms with Gasteiger partial charge >= 0.3 is 0 Å². The third-order valence-corrected chi connectivity index (χ3v) is 5.47. The average Bonchev–Trinajstić information content (AvgIpc) is 2.42. The summed E-state index contributed by atoms with van der Waals surface area (Å²) in [6.45, 7) is 4.61. The SMILES string of the molecule is COC1(C(N)c2ccc(Cl)c(Cl)c2)CCC(C)(C)CC1. The molecule has 1 fully saturated rings. The molecule has 1 atom stereocenters. The van der Waals surface area contributed by atoms with Crippen molar-refractivity contribution in [3.63, 3.8) is 0 Å². The maximum atomic E-state index is 6.50. The maximum Gasteiger partial charge on any atom is 0.0870 e. The number of hydrogen-bond donors (Lipinski definition) is 1. The number of rotatable bonds is 3. The van der Waals surface area contributed by atoms with Gasteiger partial charge in [-0.1, -0.05) is 43.1 Å². The zero-order valence-electron chi connectivity index (χ0n) is 12.4. The van der Waals surface area contributed by atoms with Crippen LogP contribution < -0.4 is 5.73 Å². The molecule has 0 heterocycles. The molecule has 0 radical (unpaired) electrons. The zero-order valence-corrected chi connectivity index (χ0v) is 13.9. The first-order valence-corrected chi connectivity index (χ1v) is 7.81. The molecule has 0 saturated heterocycles. The standard InChI is InChI=1S/C16H23Cl2NO/c1-15(2)6-8-16(20-3,9-7-15)14(19)11-4-5-12(17)13(18)10-11/h4-5,10,14H,6-9,19H2,1-3H3. The van der Waals surface area contributed by atoms with Gasteiger partial charge in [0, 0.05) is 7.11 Å². The number of methoxy groups -OCH3 is 1. The lowest BCUT2D eigenvalue weighted by molar-refractivity contribution is -0.0794. The van der Waals surface area contributed by atoms with E-state index in [9.17, 15) is 0 Å². The third-order valence-electron chi connectivity index (χ3n) is 4.73. The van der Waals surface area contributed by atoms with Crippen LogP contribution in [-0.4, -0.2) is 12.7 Å². The highest BCUT2D eigenvalue weighted by Gasteiger charge is 2.43. The Hall–Kier alpha value is -0.280. The van der Waals surface area contributed by atoms with Crippen LogP contribution in [0.2, 0.25) is 10.0 Å². The second-order valence-electron chi connectivity index (χ2n) is 6.58. The molecule has 1 aliphatic rings. The Morgan fingerprint density at radius 3 is 2.20 bits per heavy atom. The van der Waals surface area contributed by atoms with Crippen LogP contribution in [0.4, 0.5) is 0 Å². The van der Waals surface area contributed by atoms with Crippen LogP contribution in [-0.2, 0) is 4.74 Å². The molecule has 0 aromatic heterocycles. The van der Waals surface area contributed by atoms with E-state index in [1.807, 2.05) is 12.1 Å². The first-order valence-electron chi connectivity index (χ1n) is 7.05. The van der Waals surface area contributed by atoms with E-state index in [1.165, 1.54) is 0 Å². The molecule has 0 amide bonds. The number of hydrogen-bond acceptors (Lipinski definition) is 2. The Balaban J connectivity index is 2.25. The van der Waals surface area contributed by atoms with Crippen molar-refractivity contribution in [2.75, 3.05) is 7.11 Å². The quantitative estimate of drug-likeness (QED) is 0.853. The summed E-state index contributed by atoms with van der Waals surface area (Å²) in [6.07, 6.45) is 4.18. The first kappa shape index (κ1) is 16.1. The molecular weight excluding hydrogens is 293 g/mol. The lowest BCUT2D eigenvalue weighted by Crippen LogP contribution is -2.47.